The van der Waals surface area contributed by atoms with E-state index in [0.29, 0.717) is 19.8 Å². The van der Waals surface area contributed by atoms with Crippen LogP contribution in [0.3, 0.4) is 0 Å². The van der Waals surface area contributed by atoms with Crippen LogP contribution in [0.1, 0.15) is 11.7 Å². The highest BCUT2D eigenvalue weighted by atomic mass is 16.5. The Morgan fingerprint density at radius 2 is 2.69 bits per heavy atom. The van der Waals surface area contributed by atoms with Crippen molar-refractivity contribution in [1.29, 1.82) is 0 Å². The highest BCUT2D eigenvalue weighted by molar-refractivity contribution is 5.78. The number of hydrogen-bond acceptors (Lipinski definition) is 4. The summed E-state index contributed by atoms with van der Waals surface area (Å²) in [6.07, 6.45) is 1.67. The first-order valence-electron chi connectivity index (χ1n) is 5.18. The Morgan fingerprint density at radius 3 is 3.38 bits per heavy atom. The Kier molecular flexibility index (Phi) is 3.53. The number of aromatic amines is 1. The molecule has 0 spiro atoms. The van der Waals surface area contributed by atoms with Gasteiger partial charge in [0.1, 0.15) is 6.61 Å². The van der Waals surface area contributed by atoms with Gasteiger partial charge in [0.05, 0.1) is 24.9 Å². The molecule has 1 aliphatic heterocycles. The first-order valence-corrected chi connectivity index (χ1v) is 5.18. The zero-order valence-corrected chi connectivity index (χ0v) is 9.18. The van der Waals surface area contributed by atoms with E-state index in [1.165, 1.54) is 7.11 Å². The number of carbonyl (C=O) groups excluding carboxylic acids is 1. The van der Waals surface area contributed by atoms with Crippen LogP contribution in [-0.2, 0) is 14.3 Å². The maximum Gasteiger partial charge on any atom is 0.249 e. The van der Waals surface area contributed by atoms with Gasteiger partial charge in [-0.25, -0.2) is 0 Å². The fourth-order valence-electron chi connectivity index (χ4n) is 1.82. The number of ether oxygens (including phenoxy) is 2. The van der Waals surface area contributed by atoms with Crippen molar-refractivity contribution in [2.75, 3.05) is 33.5 Å². The van der Waals surface area contributed by atoms with Gasteiger partial charge in [0.15, 0.2) is 0 Å². The molecule has 1 aromatic heterocycles. The van der Waals surface area contributed by atoms with Crippen LogP contribution in [0, 0.1) is 0 Å². The summed E-state index contributed by atoms with van der Waals surface area (Å²) in [6, 6.07) is 1.77. The van der Waals surface area contributed by atoms with Crippen LogP contribution in [0.2, 0.25) is 0 Å². The molecule has 1 N–H and O–H groups in total. The van der Waals surface area contributed by atoms with Gasteiger partial charge < -0.3 is 14.4 Å². The maximum atomic E-state index is 11.8. The van der Waals surface area contributed by atoms with Crippen molar-refractivity contribution < 1.29 is 14.3 Å². The first kappa shape index (κ1) is 11.1. The second-order valence-electron chi connectivity index (χ2n) is 3.62. The zero-order valence-electron chi connectivity index (χ0n) is 9.18. The molecule has 1 unspecified atom stereocenters. The molecule has 88 valence electrons. The van der Waals surface area contributed by atoms with E-state index in [4.69, 9.17) is 9.47 Å². The highest BCUT2D eigenvalue weighted by Crippen LogP contribution is 2.22. The minimum atomic E-state index is -0.0844. The van der Waals surface area contributed by atoms with Crippen LogP contribution >= 0.6 is 0 Å². The molecule has 1 aliphatic rings. The molecule has 6 heteroatoms. The van der Waals surface area contributed by atoms with E-state index < -0.39 is 0 Å². The van der Waals surface area contributed by atoms with Gasteiger partial charge in [-0.15, -0.1) is 0 Å². The summed E-state index contributed by atoms with van der Waals surface area (Å²) in [6.45, 7) is 1.76. The average Bonchev–Trinajstić information content (AvgIpc) is 2.83. The molecule has 0 aromatic carbocycles. The number of methoxy groups -OCH3 is 1. The molecule has 1 saturated heterocycles. The number of H-pyrrole nitrogens is 1. The lowest BCUT2D eigenvalue weighted by molar-refractivity contribution is -0.144. The lowest BCUT2D eigenvalue weighted by Gasteiger charge is -2.34. The highest BCUT2D eigenvalue weighted by Gasteiger charge is 2.29. The van der Waals surface area contributed by atoms with Crippen molar-refractivity contribution in [2.24, 2.45) is 0 Å². The molecule has 1 fully saturated rings. The van der Waals surface area contributed by atoms with Crippen LogP contribution in [0.4, 0.5) is 0 Å². The third-order valence-corrected chi connectivity index (χ3v) is 2.60. The van der Waals surface area contributed by atoms with Crippen molar-refractivity contribution in [3.05, 3.63) is 18.0 Å². The number of amides is 1. The van der Waals surface area contributed by atoms with Crippen molar-refractivity contribution in [3.63, 3.8) is 0 Å². The number of rotatable bonds is 3. The van der Waals surface area contributed by atoms with E-state index in [0.717, 1.165) is 5.69 Å². The lowest BCUT2D eigenvalue weighted by Crippen LogP contribution is -2.45. The number of nitrogens with one attached hydrogen (secondary N) is 1. The summed E-state index contributed by atoms with van der Waals surface area (Å²) in [5.74, 6) is -0.0228. The van der Waals surface area contributed by atoms with Gasteiger partial charge in [0.25, 0.3) is 0 Å². The Labute approximate surface area is 93.5 Å². The van der Waals surface area contributed by atoms with Gasteiger partial charge >= 0.3 is 0 Å². The molecule has 0 radical (unpaired) electrons. The normalized spacial score (nSPS) is 21.1. The number of morpholine rings is 1. The van der Waals surface area contributed by atoms with Gasteiger partial charge in [-0.1, -0.05) is 0 Å². The van der Waals surface area contributed by atoms with E-state index >= 15 is 0 Å². The largest absolute Gasteiger partial charge is 0.377 e. The molecule has 1 aromatic rings. The van der Waals surface area contributed by atoms with Gasteiger partial charge in [0.2, 0.25) is 5.91 Å². The van der Waals surface area contributed by atoms with E-state index in [-0.39, 0.29) is 18.6 Å². The Morgan fingerprint density at radius 1 is 1.81 bits per heavy atom. The van der Waals surface area contributed by atoms with Crippen LogP contribution in [-0.4, -0.2) is 54.5 Å². The second kappa shape index (κ2) is 5.09. The molecule has 16 heavy (non-hydrogen) atoms. The van der Waals surface area contributed by atoms with E-state index in [1.807, 2.05) is 6.07 Å². The number of carbonyl (C=O) groups is 1. The van der Waals surface area contributed by atoms with Crippen LogP contribution < -0.4 is 0 Å². The Bertz CT molecular complexity index is 339. The fraction of sp³-hybridized carbons (Fsp3) is 0.600. The second-order valence-corrected chi connectivity index (χ2v) is 3.62. The third-order valence-electron chi connectivity index (χ3n) is 2.60. The molecule has 0 aliphatic carbocycles. The minimum Gasteiger partial charge on any atom is -0.377 e. The number of nitrogens with zero attached hydrogens (tertiary/aromatic N) is 2. The lowest BCUT2D eigenvalue weighted by atomic mass is 10.1. The molecule has 1 atom stereocenters. The fourth-order valence-corrected chi connectivity index (χ4v) is 1.82. The minimum absolute atomic E-state index is 0.0228. The maximum absolute atomic E-state index is 11.8. The summed E-state index contributed by atoms with van der Waals surface area (Å²) in [7, 11) is 1.52. The number of aromatic nitrogens is 2. The van der Waals surface area contributed by atoms with Crippen molar-refractivity contribution >= 4 is 5.91 Å². The van der Waals surface area contributed by atoms with Crippen LogP contribution in [0.5, 0.6) is 0 Å². The molecule has 1 amide bonds. The molecular weight excluding hydrogens is 210 g/mol. The monoisotopic (exact) mass is 225 g/mol. The summed E-state index contributed by atoms with van der Waals surface area (Å²) in [5, 5.41) is 6.76. The van der Waals surface area contributed by atoms with E-state index in [2.05, 4.69) is 10.2 Å². The summed E-state index contributed by atoms with van der Waals surface area (Å²) < 4.78 is 10.2. The molecule has 0 saturated carbocycles. The molecule has 6 nitrogen and oxygen atoms in total. The quantitative estimate of drug-likeness (QED) is 0.783. The topological polar surface area (TPSA) is 67.4 Å². The SMILES string of the molecule is COCC(=O)N1CCOCC1c1ccn[nH]1. The van der Waals surface area contributed by atoms with Gasteiger partial charge in [0, 0.05) is 19.9 Å². The third kappa shape index (κ3) is 2.23. The Balaban J connectivity index is 2.11. The summed E-state index contributed by atoms with van der Waals surface area (Å²) in [5.41, 5.74) is 0.893. The van der Waals surface area contributed by atoms with Gasteiger partial charge in [-0.05, 0) is 6.07 Å². The predicted molar refractivity (Wildman–Crippen MR) is 55.7 cm³/mol. The predicted octanol–water partition coefficient (Wildman–Crippen LogP) is -0.0440. The summed E-state index contributed by atoms with van der Waals surface area (Å²) >= 11 is 0. The van der Waals surface area contributed by atoms with E-state index in [9.17, 15) is 4.79 Å². The molecule has 0 bridgehead atoms. The smallest absolute Gasteiger partial charge is 0.249 e. The standard InChI is InChI=1S/C10H15N3O3/c1-15-7-10(14)13-4-5-16-6-9(13)8-2-3-11-12-8/h2-3,9H,4-7H2,1H3,(H,11,12). The first-order chi connectivity index (χ1) is 7.83. The molecule has 2 rings (SSSR count). The number of hydrogen-bond donors (Lipinski definition) is 1. The van der Waals surface area contributed by atoms with Crippen molar-refractivity contribution in [3.8, 4) is 0 Å². The Hall–Kier alpha value is -1.40. The van der Waals surface area contributed by atoms with Gasteiger partial charge in [-0.3, -0.25) is 9.89 Å². The van der Waals surface area contributed by atoms with Crippen molar-refractivity contribution in [2.45, 2.75) is 6.04 Å². The van der Waals surface area contributed by atoms with Crippen molar-refractivity contribution in [1.82, 2.24) is 15.1 Å². The molecular formula is C10H15N3O3. The summed E-state index contributed by atoms with van der Waals surface area (Å²) in [4.78, 5) is 13.6. The zero-order chi connectivity index (χ0) is 11.4. The van der Waals surface area contributed by atoms with E-state index in [1.54, 1.807) is 11.1 Å². The van der Waals surface area contributed by atoms with Gasteiger partial charge in [-0.2, -0.15) is 5.10 Å². The molecule has 2 heterocycles. The average molecular weight is 225 g/mol. The van der Waals surface area contributed by atoms with Crippen LogP contribution in [0.25, 0.3) is 0 Å². The van der Waals surface area contributed by atoms with Crippen LogP contribution in [0.15, 0.2) is 12.3 Å².